The molecule has 13 heteroatoms. The predicted molar refractivity (Wildman–Crippen MR) is 134 cm³/mol. The third-order valence-electron chi connectivity index (χ3n) is 5.60. The van der Waals surface area contributed by atoms with E-state index in [9.17, 15) is 34.5 Å². The fraction of sp³-hybridized carbons (Fsp3) is 0.360. The Labute approximate surface area is 218 Å². The highest BCUT2D eigenvalue weighted by molar-refractivity contribution is 5.94. The summed E-state index contributed by atoms with van der Waals surface area (Å²) >= 11 is 0. The monoisotopic (exact) mass is 532 g/mol. The highest BCUT2D eigenvalue weighted by Gasteiger charge is 2.32. The molecule has 0 radical (unpaired) electrons. The molecule has 0 heterocycles. The van der Waals surface area contributed by atoms with Crippen molar-refractivity contribution in [2.75, 3.05) is 6.61 Å². The molecule has 0 bridgehead atoms. The van der Waals surface area contributed by atoms with Gasteiger partial charge < -0.3 is 47.2 Å². The number of phenols is 2. The first-order valence-corrected chi connectivity index (χ1v) is 11.7. The molecule has 38 heavy (non-hydrogen) atoms. The van der Waals surface area contributed by atoms with Gasteiger partial charge in [0.25, 0.3) is 0 Å². The van der Waals surface area contributed by atoms with E-state index in [1.807, 2.05) is 5.32 Å². The summed E-state index contributed by atoms with van der Waals surface area (Å²) in [6.07, 6.45) is -1.45. The number of nitrogens with one attached hydrogen (secondary N) is 3. The van der Waals surface area contributed by atoms with Crippen molar-refractivity contribution in [3.8, 4) is 11.5 Å². The number of carboxylic acids is 1. The molecule has 0 spiro atoms. The molecule has 0 aromatic heterocycles. The standard InChI is InChI=1S/C25H32N4O9/c1-13(31)21(24(36)28-20(12-30)25(37)38)29-23(35)19(11-15-4-8-17(33)9-5-15)27-22(34)18(26)10-14-2-6-16(32)7-3-14/h2-9,13,18-21,30-33H,10-12,26H2,1H3,(H,27,34)(H,28,36)(H,29,35)(H,37,38). The Bertz CT molecular complexity index is 1110. The van der Waals surface area contributed by atoms with Gasteiger partial charge in [0.05, 0.1) is 18.8 Å². The fourth-order valence-electron chi connectivity index (χ4n) is 3.44. The number of nitrogens with two attached hydrogens (primary N) is 1. The molecule has 5 unspecified atom stereocenters. The highest BCUT2D eigenvalue weighted by Crippen LogP contribution is 2.13. The van der Waals surface area contributed by atoms with Crippen molar-refractivity contribution >= 4 is 23.7 Å². The Balaban J connectivity index is 2.21. The van der Waals surface area contributed by atoms with E-state index in [4.69, 9.17) is 15.9 Å². The van der Waals surface area contributed by atoms with Gasteiger partial charge in [0, 0.05) is 6.42 Å². The van der Waals surface area contributed by atoms with E-state index in [0.717, 1.165) is 0 Å². The molecule has 0 saturated carbocycles. The molecule has 0 fully saturated rings. The Kier molecular flexibility index (Phi) is 11.0. The maximum atomic E-state index is 13.2. The zero-order valence-corrected chi connectivity index (χ0v) is 20.6. The molecule has 206 valence electrons. The van der Waals surface area contributed by atoms with Crippen molar-refractivity contribution in [1.29, 1.82) is 0 Å². The quantitative estimate of drug-likeness (QED) is 0.139. The number of benzene rings is 2. The van der Waals surface area contributed by atoms with Crippen LogP contribution >= 0.6 is 0 Å². The number of carbonyl (C=O) groups excluding carboxylic acids is 3. The maximum absolute atomic E-state index is 13.2. The number of phenolic OH excluding ortho intramolecular Hbond substituents is 2. The number of hydrogen-bond acceptors (Lipinski definition) is 9. The minimum Gasteiger partial charge on any atom is -0.508 e. The second-order valence-corrected chi connectivity index (χ2v) is 8.72. The number of carboxylic acid groups (broad SMARTS) is 1. The van der Waals surface area contributed by atoms with E-state index in [1.54, 1.807) is 12.1 Å². The summed E-state index contributed by atoms with van der Waals surface area (Å²) in [6, 6.07) is 6.24. The number of carbonyl (C=O) groups is 4. The molecule has 0 aliphatic carbocycles. The van der Waals surface area contributed by atoms with Crippen molar-refractivity contribution in [3.63, 3.8) is 0 Å². The molecule has 2 aromatic rings. The number of aliphatic hydroxyl groups excluding tert-OH is 2. The number of aliphatic carboxylic acids is 1. The van der Waals surface area contributed by atoms with Crippen molar-refractivity contribution in [2.45, 2.75) is 50.0 Å². The third kappa shape index (κ3) is 9.03. The maximum Gasteiger partial charge on any atom is 0.328 e. The van der Waals surface area contributed by atoms with Crippen LogP contribution in [0.5, 0.6) is 11.5 Å². The van der Waals surface area contributed by atoms with Crippen molar-refractivity contribution in [3.05, 3.63) is 59.7 Å². The van der Waals surface area contributed by atoms with Gasteiger partial charge in [0.1, 0.15) is 29.6 Å². The van der Waals surface area contributed by atoms with Gasteiger partial charge in [-0.25, -0.2) is 4.79 Å². The first-order chi connectivity index (χ1) is 17.9. The SMILES string of the molecule is CC(O)C(NC(=O)C(Cc1ccc(O)cc1)NC(=O)C(N)Cc1ccc(O)cc1)C(=O)NC(CO)C(=O)O. The highest BCUT2D eigenvalue weighted by atomic mass is 16.4. The second kappa shape index (κ2) is 13.9. The first kappa shape index (κ1) is 30.0. The van der Waals surface area contributed by atoms with Gasteiger partial charge in [-0.05, 0) is 48.7 Å². The molecular weight excluding hydrogens is 500 g/mol. The zero-order chi connectivity index (χ0) is 28.4. The van der Waals surface area contributed by atoms with Crippen LogP contribution in [0.2, 0.25) is 0 Å². The third-order valence-corrected chi connectivity index (χ3v) is 5.60. The van der Waals surface area contributed by atoms with E-state index in [2.05, 4.69) is 10.6 Å². The molecule has 0 aliphatic rings. The average Bonchev–Trinajstić information content (AvgIpc) is 2.87. The molecule has 0 saturated heterocycles. The molecule has 5 atom stereocenters. The number of aromatic hydroxyl groups is 2. The predicted octanol–water partition coefficient (Wildman–Crippen LogP) is -1.88. The first-order valence-electron chi connectivity index (χ1n) is 11.7. The van der Waals surface area contributed by atoms with Gasteiger partial charge in [-0.1, -0.05) is 24.3 Å². The molecular formula is C25H32N4O9. The summed E-state index contributed by atoms with van der Waals surface area (Å²) in [5.74, 6) is -4.12. The molecule has 0 aliphatic heterocycles. The Morgan fingerprint density at radius 1 is 0.763 bits per heavy atom. The number of hydrogen-bond donors (Lipinski definition) is 9. The van der Waals surface area contributed by atoms with Crippen LogP contribution in [-0.4, -0.2) is 86.1 Å². The van der Waals surface area contributed by atoms with Crippen molar-refractivity contribution in [2.24, 2.45) is 5.73 Å². The second-order valence-electron chi connectivity index (χ2n) is 8.72. The topological polar surface area (TPSA) is 232 Å². The summed E-state index contributed by atoms with van der Waals surface area (Å²) in [5, 5.41) is 54.1. The van der Waals surface area contributed by atoms with Gasteiger partial charge in [0.2, 0.25) is 17.7 Å². The number of amides is 3. The van der Waals surface area contributed by atoms with E-state index in [0.29, 0.717) is 11.1 Å². The average molecular weight is 533 g/mol. The number of aliphatic hydroxyl groups is 2. The minimum absolute atomic E-state index is 0.0163. The summed E-state index contributed by atoms with van der Waals surface area (Å²) in [4.78, 5) is 49.7. The largest absolute Gasteiger partial charge is 0.508 e. The zero-order valence-electron chi connectivity index (χ0n) is 20.6. The van der Waals surface area contributed by atoms with E-state index in [1.165, 1.54) is 43.3 Å². The lowest BCUT2D eigenvalue weighted by Crippen LogP contribution is -2.60. The van der Waals surface area contributed by atoms with Crippen molar-refractivity contribution in [1.82, 2.24) is 16.0 Å². The Hall–Kier alpha value is -4.20. The van der Waals surface area contributed by atoms with Crippen LogP contribution in [0.15, 0.2) is 48.5 Å². The van der Waals surface area contributed by atoms with E-state index < -0.39 is 60.6 Å². The Morgan fingerprint density at radius 2 is 1.24 bits per heavy atom. The summed E-state index contributed by atoms with van der Waals surface area (Å²) in [5.41, 5.74) is 7.22. The van der Waals surface area contributed by atoms with Gasteiger partial charge in [-0.2, -0.15) is 0 Å². The minimum atomic E-state index is -1.66. The Morgan fingerprint density at radius 3 is 1.68 bits per heavy atom. The fourth-order valence-corrected chi connectivity index (χ4v) is 3.44. The molecule has 3 amide bonds. The molecule has 13 nitrogen and oxygen atoms in total. The van der Waals surface area contributed by atoms with Crippen LogP contribution in [0.25, 0.3) is 0 Å². The van der Waals surface area contributed by atoms with Crippen LogP contribution in [0.3, 0.4) is 0 Å². The molecule has 10 N–H and O–H groups in total. The van der Waals surface area contributed by atoms with E-state index in [-0.39, 0.29) is 24.3 Å². The lowest BCUT2D eigenvalue weighted by atomic mass is 10.0. The normalized spacial score (nSPS) is 14.8. The van der Waals surface area contributed by atoms with Crippen LogP contribution < -0.4 is 21.7 Å². The molecule has 2 rings (SSSR count). The summed E-state index contributed by atoms with van der Waals surface area (Å²) in [6.45, 7) is 0.278. The van der Waals surface area contributed by atoms with Crippen LogP contribution in [-0.2, 0) is 32.0 Å². The smallest absolute Gasteiger partial charge is 0.328 e. The van der Waals surface area contributed by atoms with Gasteiger partial charge >= 0.3 is 5.97 Å². The lowest BCUT2D eigenvalue weighted by Gasteiger charge is -2.26. The van der Waals surface area contributed by atoms with Crippen LogP contribution in [0.1, 0.15) is 18.1 Å². The summed E-state index contributed by atoms with van der Waals surface area (Å²) < 4.78 is 0. The molecule has 2 aromatic carbocycles. The van der Waals surface area contributed by atoms with Gasteiger partial charge in [-0.15, -0.1) is 0 Å². The number of rotatable bonds is 13. The van der Waals surface area contributed by atoms with E-state index >= 15 is 0 Å². The van der Waals surface area contributed by atoms with Crippen LogP contribution in [0.4, 0.5) is 0 Å². The van der Waals surface area contributed by atoms with Crippen molar-refractivity contribution < 1.29 is 44.7 Å². The van der Waals surface area contributed by atoms with Crippen LogP contribution in [0, 0.1) is 0 Å². The van der Waals surface area contributed by atoms with Gasteiger partial charge in [0.15, 0.2) is 0 Å². The van der Waals surface area contributed by atoms with Gasteiger partial charge in [-0.3, -0.25) is 14.4 Å². The summed E-state index contributed by atoms with van der Waals surface area (Å²) in [7, 11) is 0. The lowest BCUT2D eigenvalue weighted by molar-refractivity contribution is -0.144.